The molecule has 4 rings (SSSR count). The molecule has 1 N–H and O–H groups in total. The van der Waals surface area contributed by atoms with Gasteiger partial charge in [-0.1, -0.05) is 16.8 Å². The Balaban J connectivity index is 1.22. The third-order valence-electron chi connectivity index (χ3n) is 6.22. The number of nitrogens with one attached hydrogen (secondary N) is 1. The summed E-state index contributed by atoms with van der Waals surface area (Å²) >= 11 is 6.93. The van der Waals surface area contributed by atoms with Crippen LogP contribution in [0.15, 0.2) is 21.5 Å². The summed E-state index contributed by atoms with van der Waals surface area (Å²) in [6.07, 6.45) is 4.00. The van der Waals surface area contributed by atoms with E-state index in [4.69, 9.17) is 21.2 Å². The number of piperidine rings is 1. The van der Waals surface area contributed by atoms with E-state index < -0.39 is 21.7 Å². The van der Waals surface area contributed by atoms with Crippen molar-refractivity contribution < 1.29 is 22.8 Å². The Kier molecular flexibility index (Phi) is 6.78. The van der Waals surface area contributed by atoms with Gasteiger partial charge in [-0.05, 0) is 45.0 Å². The number of halogens is 1. The first-order valence-electron chi connectivity index (χ1n) is 10.4. The van der Waals surface area contributed by atoms with Crippen molar-refractivity contribution in [3.05, 3.63) is 16.5 Å². The first kappa shape index (κ1) is 22.8. The van der Waals surface area contributed by atoms with E-state index in [2.05, 4.69) is 22.4 Å². The van der Waals surface area contributed by atoms with Gasteiger partial charge >= 0.3 is 6.09 Å². The van der Waals surface area contributed by atoms with Crippen LogP contribution in [0.3, 0.4) is 0 Å². The van der Waals surface area contributed by atoms with Gasteiger partial charge in [0.05, 0.1) is 10.8 Å². The number of rotatable bonds is 5. The normalized spacial score (nSPS) is 24.2. The third-order valence-corrected chi connectivity index (χ3v) is 9.82. The minimum atomic E-state index is -3.57. The molecule has 3 aliphatic rings. The van der Waals surface area contributed by atoms with E-state index in [1.165, 1.54) is 16.8 Å². The Morgan fingerprint density at radius 2 is 2.16 bits per heavy atom. The molecule has 0 saturated carbocycles. The maximum absolute atomic E-state index is 12.8. The van der Waals surface area contributed by atoms with Gasteiger partial charge in [0.2, 0.25) is 5.90 Å². The van der Waals surface area contributed by atoms with Crippen LogP contribution < -0.4 is 5.32 Å². The molecule has 3 aliphatic heterocycles. The Labute approximate surface area is 191 Å². The molecule has 1 unspecified atom stereocenters. The summed E-state index contributed by atoms with van der Waals surface area (Å²) < 4.78 is 32.9. The molecule has 1 spiro atoms. The van der Waals surface area contributed by atoms with E-state index in [1.54, 1.807) is 6.07 Å². The molecule has 0 radical (unpaired) electrons. The maximum Gasteiger partial charge on any atom is 0.413 e. The average molecular weight is 491 g/mol. The molecule has 1 aromatic heterocycles. The van der Waals surface area contributed by atoms with Crippen molar-refractivity contribution in [1.82, 2.24) is 14.5 Å². The topological polar surface area (TPSA) is 101 Å². The zero-order valence-corrected chi connectivity index (χ0v) is 19.8. The van der Waals surface area contributed by atoms with Crippen LogP contribution in [-0.2, 0) is 19.6 Å². The molecule has 0 bridgehead atoms. The molecule has 4 heterocycles. The number of hydrogen-bond donors (Lipinski definition) is 1. The SMILES string of the molecule is CN1CCCC1CCNC(=O)OC1=NOC2(CCN(S(=O)(=O)c3ccc(Cl)s3)CC2)C1. The van der Waals surface area contributed by atoms with Crippen LogP contribution in [0.4, 0.5) is 4.79 Å². The van der Waals surface area contributed by atoms with Gasteiger partial charge in [0.25, 0.3) is 10.0 Å². The summed E-state index contributed by atoms with van der Waals surface area (Å²) in [6, 6.07) is 3.61. The third kappa shape index (κ3) is 5.16. The molecule has 1 aromatic rings. The molecule has 2 saturated heterocycles. The number of oxime groups is 1. The molecular weight excluding hydrogens is 464 g/mol. The predicted molar refractivity (Wildman–Crippen MR) is 118 cm³/mol. The van der Waals surface area contributed by atoms with E-state index in [0.29, 0.717) is 49.3 Å². The zero-order valence-electron chi connectivity index (χ0n) is 17.4. The van der Waals surface area contributed by atoms with Crippen LogP contribution >= 0.6 is 22.9 Å². The predicted octanol–water partition coefficient (Wildman–Crippen LogP) is 2.87. The van der Waals surface area contributed by atoms with E-state index in [1.807, 2.05) is 0 Å². The highest BCUT2D eigenvalue weighted by atomic mass is 35.5. The number of hydrogen-bond acceptors (Lipinski definition) is 8. The van der Waals surface area contributed by atoms with E-state index in [9.17, 15) is 13.2 Å². The standard InChI is InChI=1S/C19H27ClN4O5S2/c1-23-10-2-3-14(23)6-9-21-18(25)28-16-13-19(29-22-16)7-11-24(12-8-19)31(26,27)17-5-4-15(20)30-17/h4-5,14H,2-3,6-13H2,1H3,(H,21,25). The molecule has 172 valence electrons. The molecule has 12 heteroatoms. The fourth-order valence-electron chi connectivity index (χ4n) is 4.34. The summed E-state index contributed by atoms with van der Waals surface area (Å²) in [5, 5.41) is 6.72. The van der Waals surface area contributed by atoms with Gasteiger partial charge < -0.3 is 19.8 Å². The lowest BCUT2D eigenvalue weighted by Gasteiger charge is -2.35. The van der Waals surface area contributed by atoms with Crippen LogP contribution in [0.25, 0.3) is 0 Å². The van der Waals surface area contributed by atoms with Crippen LogP contribution in [0.2, 0.25) is 4.34 Å². The van der Waals surface area contributed by atoms with Gasteiger partial charge in [-0.25, -0.2) is 13.2 Å². The van der Waals surface area contributed by atoms with Gasteiger partial charge in [-0.2, -0.15) is 4.31 Å². The van der Waals surface area contributed by atoms with Crippen molar-refractivity contribution in [2.75, 3.05) is 33.2 Å². The van der Waals surface area contributed by atoms with Crippen LogP contribution in [0.5, 0.6) is 0 Å². The van der Waals surface area contributed by atoms with E-state index in [-0.39, 0.29) is 10.1 Å². The lowest BCUT2D eigenvalue weighted by atomic mass is 9.89. The summed E-state index contributed by atoms with van der Waals surface area (Å²) in [4.78, 5) is 20.0. The van der Waals surface area contributed by atoms with Gasteiger partial charge in [-0.3, -0.25) is 0 Å². The highest BCUT2D eigenvalue weighted by molar-refractivity contribution is 7.91. The zero-order chi connectivity index (χ0) is 22.1. The van der Waals surface area contributed by atoms with Crippen molar-refractivity contribution >= 4 is 45.0 Å². The number of nitrogens with zero attached hydrogens (tertiary/aromatic N) is 3. The molecular formula is C19H27ClN4O5S2. The monoisotopic (exact) mass is 490 g/mol. The second-order valence-corrected chi connectivity index (χ2v) is 12.2. The molecule has 1 amide bonds. The number of thiophene rings is 1. The number of carbonyl (C=O) groups is 1. The van der Waals surface area contributed by atoms with Gasteiger partial charge in [0.1, 0.15) is 9.81 Å². The molecule has 0 aliphatic carbocycles. The second-order valence-electron chi connectivity index (χ2n) is 8.28. The summed E-state index contributed by atoms with van der Waals surface area (Å²) in [6.45, 7) is 2.27. The lowest BCUT2D eigenvalue weighted by Crippen LogP contribution is -2.46. The number of likely N-dealkylation sites (tertiary alicyclic amines) is 1. The van der Waals surface area contributed by atoms with Crippen LogP contribution in [0.1, 0.15) is 38.5 Å². The Bertz CT molecular complexity index is 943. The van der Waals surface area contributed by atoms with Crippen molar-refractivity contribution in [2.45, 2.75) is 54.4 Å². The quantitative estimate of drug-likeness (QED) is 0.681. The second kappa shape index (κ2) is 9.22. The molecule has 9 nitrogen and oxygen atoms in total. The Morgan fingerprint density at radius 1 is 1.39 bits per heavy atom. The van der Waals surface area contributed by atoms with Crippen molar-refractivity contribution in [2.24, 2.45) is 5.16 Å². The summed E-state index contributed by atoms with van der Waals surface area (Å²) in [5.41, 5.74) is -0.624. The van der Waals surface area contributed by atoms with Crippen molar-refractivity contribution in [1.29, 1.82) is 0 Å². The first-order chi connectivity index (χ1) is 14.8. The highest BCUT2D eigenvalue weighted by Gasteiger charge is 2.45. The number of ether oxygens (including phenoxy) is 1. The number of alkyl carbamates (subject to hydrolysis) is 1. The highest BCUT2D eigenvalue weighted by Crippen LogP contribution is 2.37. The lowest BCUT2D eigenvalue weighted by molar-refractivity contribution is -0.0506. The van der Waals surface area contributed by atoms with Crippen LogP contribution in [0, 0.1) is 0 Å². The largest absolute Gasteiger partial charge is 0.413 e. The summed E-state index contributed by atoms with van der Waals surface area (Å²) in [5.74, 6) is 0.233. The number of carbonyl (C=O) groups excluding carboxylic acids is 1. The smallest absolute Gasteiger partial charge is 0.392 e. The minimum absolute atomic E-state index is 0.233. The Hall–Kier alpha value is -1.40. The maximum atomic E-state index is 12.8. The van der Waals surface area contributed by atoms with Crippen LogP contribution in [-0.4, -0.2) is 74.5 Å². The van der Waals surface area contributed by atoms with Crippen molar-refractivity contribution in [3.63, 3.8) is 0 Å². The van der Waals surface area contributed by atoms with E-state index >= 15 is 0 Å². The van der Waals surface area contributed by atoms with Gasteiger partial charge in [0, 0.05) is 38.5 Å². The molecule has 31 heavy (non-hydrogen) atoms. The molecule has 2 fully saturated rings. The molecule has 0 aromatic carbocycles. The molecule has 1 atom stereocenters. The van der Waals surface area contributed by atoms with Gasteiger partial charge in [0.15, 0.2) is 0 Å². The number of amides is 1. The van der Waals surface area contributed by atoms with Gasteiger partial charge in [-0.15, -0.1) is 11.3 Å². The van der Waals surface area contributed by atoms with Crippen molar-refractivity contribution in [3.8, 4) is 0 Å². The average Bonchev–Trinajstić information content (AvgIpc) is 3.44. The Morgan fingerprint density at radius 3 is 2.81 bits per heavy atom. The fraction of sp³-hybridized carbons (Fsp3) is 0.684. The number of sulfonamides is 1. The van der Waals surface area contributed by atoms with E-state index in [0.717, 1.165) is 30.7 Å². The minimum Gasteiger partial charge on any atom is -0.392 e. The summed E-state index contributed by atoms with van der Waals surface area (Å²) in [7, 11) is -1.46. The fourth-order valence-corrected chi connectivity index (χ4v) is 7.41. The first-order valence-corrected chi connectivity index (χ1v) is 13.1.